The summed E-state index contributed by atoms with van der Waals surface area (Å²) < 4.78 is 12.8. The quantitative estimate of drug-likeness (QED) is 0.0364. The highest BCUT2D eigenvalue weighted by Crippen LogP contribution is 2.49. The molecule has 4 aromatic heterocycles. The third kappa shape index (κ3) is 28.0. The normalized spacial score (nSPS) is 11.9. The molecule has 0 aliphatic heterocycles. The molecule has 5 aromatic rings. The molecule has 1 aromatic carbocycles. The van der Waals surface area contributed by atoms with Crippen molar-refractivity contribution in [2.75, 3.05) is 0 Å². The lowest BCUT2D eigenvalue weighted by Gasteiger charge is -2.17. The highest BCUT2D eigenvalue weighted by molar-refractivity contribution is 9.11. The van der Waals surface area contributed by atoms with Crippen LogP contribution in [0.1, 0.15) is 358 Å². The molecule has 0 aliphatic rings. The number of thiophene rings is 2. The van der Waals surface area contributed by atoms with E-state index < -0.39 is 0 Å². The van der Waals surface area contributed by atoms with Crippen molar-refractivity contribution in [2.45, 2.75) is 362 Å². The molecule has 0 bridgehead atoms. The molecule has 0 N–H and O–H groups in total. The van der Waals surface area contributed by atoms with Crippen molar-refractivity contribution in [1.82, 2.24) is 18.7 Å². The molecule has 0 amide bonds. The molecule has 0 atom stereocenters. The second-order valence-electron chi connectivity index (χ2n) is 24.9. The first kappa shape index (κ1) is 70.5. The predicted octanol–water partition coefficient (Wildman–Crippen LogP) is 27.6. The lowest BCUT2D eigenvalue weighted by molar-refractivity contribution is 0.524. The number of halogens is 2. The number of nitrogens with zero attached hydrogens (tertiary/aromatic N) is 4. The SMILES string of the molecule is CCCCCCCCCCCCCCCCCCCCc1nc2c(-c3sc(Br)cc3CCCCCCCC)c3nsnc3c(-c3sc(Br)cc3CCCCCCCC)c2nc1CCCCCCCCCCCCCCCCCCCC. The summed E-state index contributed by atoms with van der Waals surface area (Å²) in [4.78, 5) is 14.5. The largest absolute Gasteiger partial charge is 0.248 e. The van der Waals surface area contributed by atoms with Crippen LogP contribution < -0.4 is 0 Å². The zero-order chi connectivity index (χ0) is 57.2. The van der Waals surface area contributed by atoms with Gasteiger partial charge in [0.05, 0.1) is 30.7 Å². The Bertz CT molecular complexity index is 2170. The highest BCUT2D eigenvalue weighted by atomic mass is 79.9. The average Bonchev–Trinajstić information content (AvgIpc) is 3.23. The van der Waals surface area contributed by atoms with E-state index in [1.54, 1.807) is 0 Å². The smallest absolute Gasteiger partial charge is 0.116 e. The van der Waals surface area contributed by atoms with Crippen LogP contribution in [-0.2, 0) is 25.7 Å². The molecule has 4 heterocycles. The fourth-order valence-electron chi connectivity index (χ4n) is 12.6. The van der Waals surface area contributed by atoms with Gasteiger partial charge in [0.15, 0.2) is 0 Å². The van der Waals surface area contributed by atoms with Gasteiger partial charge in [-0.2, -0.15) is 8.75 Å². The monoisotopic (exact) mass is 1290 g/mol. The fraction of sp³-hybridized carbons (Fsp3) is 0.778. The Morgan fingerprint density at radius 1 is 0.284 bits per heavy atom. The summed E-state index contributed by atoms with van der Waals surface area (Å²) in [5.74, 6) is 0. The maximum Gasteiger partial charge on any atom is 0.116 e. The average molecular weight is 1300 g/mol. The van der Waals surface area contributed by atoms with Gasteiger partial charge >= 0.3 is 0 Å². The summed E-state index contributed by atoms with van der Waals surface area (Å²) in [6.07, 6.45) is 70.0. The topological polar surface area (TPSA) is 51.6 Å². The molecule has 0 spiro atoms. The zero-order valence-electron chi connectivity index (χ0n) is 52.7. The summed E-state index contributed by atoms with van der Waals surface area (Å²) in [5, 5.41) is 0. The maximum atomic E-state index is 5.96. The van der Waals surface area contributed by atoms with Gasteiger partial charge in [0.1, 0.15) is 22.1 Å². The maximum absolute atomic E-state index is 5.96. The first-order valence-electron chi connectivity index (χ1n) is 35.0. The second-order valence-corrected chi connectivity index (χ2v) is 30.3. The number of aryl methyl sites for hydroxylation is 4. The van der Waals surface area contributed by atoms with E-state index >= 15 is 0 Å². The van der Waals surface area contributed by atoms with Crippen LogP contribution in [0.2, 0.25) is 0 Å². The van der Waals surface area contributed by atoms with Crippen LogP contribution in [0, 0.1) is 0 Å². The molecule has 0 saturated heterocycles. The van der Waals surface area contributed by atoms with E-state index in [2.05, 4.69) is 71.7 Å². The minimum atomic E-state index is 1.00. The molecule has 4 nitrogen and oxygen atoms in total. The Hall–Kier alpha value is -1.26. The van der Waals surface area contributed by atoms with Gasteiger partial charge in [-0.05, 0) is 106 Å². The van der Waals surface area contributed by atoms with Crippen molar-refractivity contribution in [2.24, 2.45) is 0 Å². The summed E-state index contributed by atoms with van der Waals surface area (Å²) >= 11 is 13.1. The number of rotatable bonds is 54. The molecule has 5 rings (SSSR count). The number of hydrogen-bond donors (Lipinski definition) is 0. The fourth-order valence-corrected chi connectivity index (χ4v) is 16.6. The van der Waals surface area contributed by atoms with E-state index in [-0.39, 0.29) is 0 Å². The van der Waals surface area contributed by atoms with Gasteiger partial charge in [-0.1, -0.05) is 310 Å². The number of fused-ring (bicyclic) bond motifs is 2. The highest BCUT2D eigenvalue weighted by Gasteiger charge is 2.28. The van der Waals surface area contributed by atoms with E-state index in [0.29, 0.717) is 0 Å². The third-order valence-corrected chi connectivity index (χ3v) is 21.6. The van der Waals surface area contributed by atoms with Crippen LogP contribution in [0.15, 0.2) is 19.7 Å². The van der Waals surface area contributed by atoms with E-state index in [1.807, 2.05) is 22.7 Å². The number of aromatic nitrogens is 4. The molecule has 0 radical (unpaired) electrons. The standard InChI is InChI=1S/C72H118Br2N4S3/c1-5-9-13-17-21-23-25-27-29-31-33-35-37-39-41-43-47-51-55-61-62(56-52-48-44-42-40-38-36-34-32-30-28-26-24-22-18-14-10-6-2)76-68-66(72-60(58-64(74)80-72)54-50-46-20-16-12-8-4)70-69(77-81-78-70)65(67(68)75-61)71-59(57-63(73)79-71)53-49-45-19-15-11-7-3/h57-58H,5-56H2,1-4H3. The van der Waals surface area contributed by atoms with Crippen LogP contribution in [0.5, 0.6) is 0 Å². The molecule has 0 unspecified atom stereocenters. The van der Waals surface area contributed by atoms with Crippen LogP contribution >= 0.6 is 66.3 Å². The van der Waals surface area contributed by atoms with Gasteiger partial charge in [-0.3, -0.25) is 0 Å². The third-order valence-electron chi connectivity index (χ3n) is 17.6. The van der Waals surface area contributed by atoms with Crippen LogP contribution in [-0.4, -0.2) is 18.7 Å². The van der Waals surface area contributed by atoms with Gasteiger partial charge in [-0.25, -0.2) is 9.97 Å². The summed E-state index contributed by atoms with van der Waals surface area (Å²) in [5.41, 5.74) is 11.8. The Morgan fingerprint density at radius 3 is 0.753 bits per heavy atom. The Morgan fingerprint density at radius 2 is 0.506 bits per heavy atom. The minimum Gasteiger partial charge on any atom is -0.248 e. The van der Waals surface area contributed by atoms with Crippen molar-refractivity contribution in [3.63, 3.8) is 0 Å². The molecule has 0 fully saturated rings. The number of hydrogen-bond acceptors (Lipinski definition) is 7. The molecule has 0 aliphatic carbocycles. The van der Waals surface area contributed by atoms with Crippen LogP contribution in [0.4, 0.5) is 0 Å². The van der Waals surface area contributed by atoms with Crippen molar-refractivity contribution in [3.8, 4) is 20.9 Å². The Kier molecular flexibility index (Phi) is 40.0. The van der Waals surface area contributed by atoms with Crippen LogP contribution in [0.3, 0.4) is 0 Å². The Balaban J connectivity index is 1.30. The van der Waals surface area contributed by atoms with Gasteiger partial charge in [-0.15, -0.1) is 22.7 Å². The van der Waals surface area contributed by atoms with E-state index in [4.69, 9.17) is 18.7 Å². The lowest BCUT2D eigenvalue weighted by atomic mass is 9.95. The second kappa shape index (κ2) is 46.0. The molecular formula is C72H118Br2N4S3. The molecule has 9 heteroatoms. The van der Waals surface area contributed by atoms with Crippen molar-refractivity contribution >= 4 is 88.3 Å². The summed E-state index contributed by atoms with van der Waals surface area (Å²) in [6.45, 7) is 9.26. The molecule has 458 valence electrons. The van der Waals surface area contributed by atoms with Crippen molar-refractivity contribution in [3.05, 3.63) is 42.2 Å². The van der Waals surface area contributed by atoms with Crippen molar-refractivity contribution in [1.29, 1.82) is 0 Å². The first-order valence-corrected chi connectivity index (χ1v) is 39.0. The molecular weight excluding hydrogens is 1180 g/mol. The van der Waals surface area contributed by atoms with E-state index in [0.717, 1.165) is 47.8 Å². The zero-order valence-corrected chi connectivity index (χ0v) is 58.3. The van der Waals surface area contributed by atoms with Gasteiger partial charge in [0, 0.05) is 20.9 Å². The number of benzene rings is 1. The van der Waals surface area contributed by atoms with Crippen LogP contribution in [0.25, 0.3) is 42.9 Å². The lowest BCUT2D eigenvalue weighted by Crippen LogP contribution is -2.06. The first-order chi connectivity index (χ1) is 40.0. The van der Waals surface area contributed by atoms with E-state index in [9.17, 15) is 0 Å². The molecule has 0 saturated carbocycles. The van der Waals surface area contributed by atoms with Gasteiger partial charge in [0.25, 0.3) is 0 Å². The van der Waals surface area contributed by atoms with Gasteiger partial charge < -0.3 is 0 Å². The minimum absolute atomic E-state index is 1.00. The Labute approximate surface area is 527 Å². The molecule has 81 heavy (non-hydrogen) atoms. The predicted molar refractivity (Wildman–Crippen MR) is 372 cm³/mol. The summed E-state index contributed by atoms with van der Waals surface area (Å²) in [6, 6.07) is 4.79. The van der Waals surface area contributed by atoms with Gasteiger partial charge in [0.2, 0.25) is 0 Å². The van der Waals surface area contributed by atoms with Crippen molar-refractivity contribution < 1.29 is 0 Å². The van der Waals surface area contributed by atoms with E-state index in [1.165, 1.54) is 371 Å². The summed E-state index contributed by atoms with van der Waals surface area (Å²) in [7, 11) is 0. The number of unbranched alkanes of at least 4 members (excludes halogenated alkanes) is 44.